The topological polar surface area (TPSA) is 162 Å². The lowest BCUT2D eigenvalue weighted by atomic mass is 9.36. The fourth-order valence-corrected chi connectivity index (χ4v) is 11.2. The van der Waals surface area contributed by atoms with Crippen molar-refractivity contribution in [3.05, 3.63) is 22.8 Å². The molecule has 5 N–H and O–H groups in total. The van der Waals surface area contributed by atoms with Crippen LogP contribution in [-0.4, -0.2) is 60.5 Å². The van der Waals surface area contributed by atoms with Crippen LogP contribution in [0.25, 0.3) is 0 Å². The lowest BCUT2D eigenvalue weighted by Crippen LogP contribution is -2.66. The molecule has 0 heterocycles. The van der Waals surface area contributed by atoms with E-state index in [0.717, 1.165) is 5.57 Å². The van der Waals surface area contributed by atoms with Crippen molar-refractivity contribution < 1.29 is 44.0 Å². The monoisotopic (exact) mass is 595 g/mol. The Bertz CT molecular complexity index is 1170. The first-order valence-corrected chi connectivity index (χ1v) is 16.6. The number of rotatable bonds is 6. The molecule has 0 aromatic heterocycles. The number of carbonyl (C=O) groups is 3. The number of aliphatic hydroxyl groups is 1. The Kier molecular flexibility index (Phi) is 8.51. The average Bonchev–Trinajstić information content (AvgIpc) is 3.09. The van der Waals surface area contributed by atoms with Gasteiger partial charge in [0.25, 0.3) is 0 Å². The molecule has 0 radical (unpaired) electrons. The Morgan fingerprint density at radius 3 is 2.24 bits per heavy atom. The summed E-state index contributed by atoms with van der Waals surface area (Å²) in [6.07, 6.45) is 3.33. The minimum Gasteiger partial charge on any atom is -0.478 e. The molecule has 0 aromatic carbocycles. The molecule has 4 rings (SSSR count). The van der Waals surface area contributed by atoms with Gasteiger partial charge in [0.15, 0.2) is 5.78 Å². The van der Waals surface area contributed by atoms with Crippen LogP contribution in [0.3, 0.4) is 0 Å². The highest BCUT2D eigenvalue weighted by atomic mass is 31.2. The van der Waals surface area contributed by atoms with Gasteiger partial charge in [0.2, 0.25) is 5.66 Å². The molecule has 4 saturated carbocycles. The lowest BCUT2D eigenvalue weighted by molar-refractivity contribution is -0.223. The fraction of sp³-hybridized carbons (Fsp3) is 0.774. The summed E-state index contributed by atoms with van der Waals surface area (Å²) >= 11 is 0. The van der Waals surface area contributed by atoms with Gasteiger partial charge in [-0.05, 0) is 91.9 Å². The van der Waals surface area contributed by atoms with E-state index in [-0.39, 0.29) is 48.4 Å². The average molecular weight is 596 g/mol. The number of aliphatic carboxylic acids is 1. The van der Waals surface area contributed by atoms with E-state index in [4.69, 9.17) is 4.74 Å². The van der Waals surface area contributed by atoms with Gasteiger partial charge >= 0.3 is 19.9 Å². The van der Waals surface area contributed by atoms with Crippen molar-refractivity contribution in [1.29, 1.82) is 0 Å². The normalized spacial score (nSPS) is 43.4. The smallest absolute Gasteiger partial charge is 0.414 e. The van der Waals surface area contributed by atoms with E-state index in [0.29, 0.717) is 31.3 Å². The molecule has 9 nitrogen and oxygen atoms in total. The van der Waals surface area contributed by atoms with Crippen LogP contribution in [0, 0.1) is 39.9 Å². The van der Waals surface area contributed by atoms with Gasteiger partial charge in [-0.15, -0.1) is 0 Å². The molecule has 4 aliphatic rings. The highest BCUT2D eigenvalue weighted by molar-refractivity contribution is 7.60. The second-order valence-corrected chi connectivity index (χ2v) is 16.1. The Hall–Kier alpha value is -1.64. The predicted octanol–water partition coefficient (Wildman–Crippen LogP) is 4.59. The van der Waals surface area contributed by atoms with Crippen molar-refractivity contribution in [2.24, 2.45) is 39.9 Å². The number of ether oxygens (including phenoxy) is 1. The maximum atomic E-state index is 13.2. The van der Waals surface area contributed by atoms with Crippen molar-refractivity contribution in [2.75, 3.05) is 0 Å². The van der Waals surface area contributed by atoms with Gasteiger partial charge in [-0.2, -0.15) is 14.7 Å². The zero-order valence-corrected chi connectivity index (χ0v) is 26.3. The number of ketones is 1. The second-order valence-electron chi connectivity index (χ2n) is 14.2. The fourth-order valence-electron chi connectivity index (χ4n) is 10.0. The van der Waals surface area contributed by atoms with E-state index in [1.165, 1.54) is 6.92 Å². The number of hydrogen-bond donors (Lipinski definition) is 5. The van der Waals surface area contributed by atoms with Crippen LogP contribution in [0.4, 0.5) is 0 Å². The summed E-state index contributed by atoms with van der Waals surface area (Å²) in [5.74, 6) is -3.17. The quantitative estimate of drug-likeness (QED) is 0.128. The largest absolute Gasteiger partial charge is 0.478 e. The lowest BCUT2D eigenvalue weighted by Gasteiger charge is -2.68. The van der Waals surface area contributed by atoms with Crippen LogP contribution in [0.1, 0.15) is 93.4 Å². The summed E-state index contributed by atoms with van der Waals surface area (Å²) in [5.41, 5.74) is -1.14. The number of hydrogen-bond acceptors (Lipinski definition) is 8. The summed E-state index contributed by atoms with van der Waals surface area (Å²) in [7, 11) is -4.46. The third-order valence-corrected chi connectivity index (χ3v) is 13.1. The molecule has 0 aromatic rings. The van der Waals surface area contributed by atoms with E-state index >= 15 is 0 Å². The molecule has 10 heteroatoms. The molecule has 0 spiro atoms. The molecule has 0 amide bonds. The van der Waals surface area contributed by atoms with Crippen LogP contribution in [0.15, 0.2) is 22.8 Å². The first-order chi connectivity index (χ1) is 18.8. The van der Waals surface area contributed by atoms with E-state index in [9.17, 15) is 39.3 Å². The van der Waals surface area contributed by atoms with E-state index in [1.807, 2.05) is 26.8 Å². The highest BCUT2D eigenvalue weighted by Crippen LogP contribution is 2.75. The summed E-state index contributed by atoms with van der Waals surface area (Å²) in [6.45, 7) is 13.3. The van der Waals surface area contributed by atoms with E-state index < -0.39 is 59.9 Å². The van der Waals surface area contributed by atoms with Gasteiger partial charge in [-0.1, -0.05) is 39.3 Å². The SMILES string of the molecule is CC(=O)O[C@H]1C[C@@]2(C)[C@H](C[C@@H](O)[C@@H]3[C@@]4(C)CC([P+](O)(O)O)C(=O)[C@@H](C)C4CC[C@@]32C)C1=C(CCC=C(C)C)C(=O)O. The molecule has 41 heavy (non-hydrogen) atoms. The summed E-state index contributed by atoms with van der Waals surface area (Å²) in [6, 6.07) is 0. The molecule has 0 aliphatic heterocycles. The third kappa shape index (κ3) is 5.14. The molecular formula is C31H48O9P+. The van der Waals surface area contributed by atoms with Gasteiger partial charge < -0.3 is 14.9 Å². The number of esters is 1. The van der Waals surface area contributed by atoms with Crippen LogP contribution >= 0.6 is 7.94 Å². The van der Waals surface area contributed by atoms with Crippen molar-refractivity contribution in [3.8, 4) is 0 Å². The molecule has 4 aliphatic carbocycles. The number of carboxylic acids is 1. The maximum absolute atomic E-state index is 13.2. The number of carboxylic acid groups (broad SMARTS) is 1. The minimum absolute atomic E-state index is 0.0648. The van der Waals surface area contributed by atoms with Crippen molar-refractivity contribution in [3.63, 3.8) is 0 Å². The molecule has 230 valence electrons. The van der Waals surface area contributed by atoms with Gasteiger partial charge in [-0.3, -0.25) is 9.59 Å². The van der Waals surface area contributed by atoms with Crippen molar-refractivity contribution >= 4 is 25.7 Å². The summed E-state index contributed by atoms with van der Waals surface area (Å²) < 4.78 is 5.83. The zero-order valence-electron chi connectivity index (χ0n) is 25.4. The third-order valence-electron chi connectivity index (χ3n) is 11.8. The number of Topliss-reactive ketones (excluding diaryl/α,β-unsaturated/α-hetero) is 1. The molecule has 0 bridgehead atoms. The summed E-state index contributed by atoms with van der Waals surface area (Å²) in [4.78, 5) is 68.9. The van der Waals surface area contributed by atoms with Gasteiger partial charge in [-0.25, -0.2) is 4.79 Å². The Morgan fingerprint density at radius 1 is 1.07 bits per heavy atom. The van der Waals surface area contributed by atoms with Gasteiger partial charge in [0.05, 0.1) is 6.10 Å². The van der Waals surface area contributed by atoms with Crippen LogP contribution in [0.2, 0.25) is 0 Å². The molecule has 4 fully saturated rings. The molecular weight excluding hydrogens is 547 g/mol. The minimum atomic E-state index is -4.46. The standard InChI is InChI=1S/C31H47O9P/c1-16(2)9-8-10-19(28(35)36)25-21-13-22(33)27-29(5)15-24(41(37,38)39)26(34)17(3)20(29)11-12-30(27,6)31(21,7)14-23(25)40-18(4)32/h9,17,20-24,27,33,37-39H,8,10-15H2,1-7H3/p+1/t17-,20?,21+,22+,23-,24?,27+,29-,30-,31-/m0/s1. The first-order valence-electron chi connectivity index (χ1n) is 14.8. The van der Waals surface area contributed by atoms with Crippen LogP contribution in [-0.2, 0) is 19.1 Å². The Morgan fingerprint density at radius 2 is 1.71 bits per heavy atom. The van der Waals surface area contributed by atoms with Gasteiger partial charge in [0, 0.05) is 24.8 Å². The number of carbonyl (C=O) groups excluding carboxylic acids is 2. The Balaban J connectivity index is 1.85. The maximum Gasteiger partial charge on any atom is 0.414 e. The molecule has 10 atom stereocenters. The van der Waals surface area contributed by atoms with Crippen LogP contribution < -0.4 is 0 Å². The molecule has 2 unspecified atom stereocenters. The highest BCUT2D eigenvalue weighted by Gasteiger charge is 2.73. The van der Waals surface area contributed by atoms with Crippen molar-refractivity contribution in [1.82, 2.24) is 0 Å². The second kappa shape index (κ2) is 10.8. The van der Waals surface area contributed by atoms with E-state index in [2.05, 4.69) is 13.8 Å². The van der Waals surface area contributed by atoms with Gasteiger partial charge in [0.1, 0.15) is 6.10 Å². The zero-order chi connectivity index (χ0) is 30.9. The number of allylic oxidation sites excluding steroid dienone is 2. The molecule has 0 saturated heterocycles. The number of fused-ring (bicyclic) bond motifs is 5. The van der Waals surface area contributed by atoms with Crippen LogP contribution in [0.5, 0.6) is 0 Å². The predicted molar refractivity (Wildman–Crippen MR) is 154 cm³/mol. The number of aliphatic hydroxyl groups excluding tert-OH is 1. The first kappa shape index (κ1) is 32.3. The van der Waals surface area contributed by atoms with E-state index in [1.54, 1.807) is 6.92 Å². The van der Waals surface area contributed by atoms with Crippen molar-refractivity contribution in [2.45, 2.75) is 111 Å². The Labute approximate surface area is 243 Å². The summed E-state index contributed by atoms with van der Waals surface area (Å²) in [5, 5.41) is 22.3.